The molecule has 2 aromatic heterocycles. The second-order valence-corrected chi connectivity index (χ2v) is 6.75. The maximum atomic E-state index is 12.8. The van der Waals surface area contributed by atoms with E-state index >= 15 is 0 Å². The zero-order chi connectivity index (χ0) is 19.8. The van der Waals surface area contributed by atoms with E-state index in [9.17, 15) is 4.79 Å². The van der Waals surface area contributed by atoms with E-state index in [1.165, 1.54) is 5.56 Å². The predicted molar refractivity (Wildman–Crippen MR) is 113 cm³/mol. The minimum absolute atomic E-state index is 0.297. The quantitative estimate of drug-likeness (QED) is 0.536. The minimum atomic E-state index is -0.297. The molecular formula is C22H21N5O. The number of carbonyl (C=O) groups excluding carboxylic acids is 1. The van der Waals surface area contributed by atoms with Gasteiger partial charge >= 0.3 is 0 Å². The first kappa shape index (κ1) is 17.7. The van der Waals surface area contributed by atoms with Crippen LogP contribution in [0.1, 0.15) is 21.5 Å². The summed E-state index contributed by atoms with van der Waals surface area (Å²) in [4.78, 5) is 22.3. The highest BCUT2D eigenvalue weighted by molar-refractivity contribution is 6.11. The van der Waals surface area contributed by atoms with Gasteiger partial charge < -0.3 is 11.1 Å². The maximum absolute atomic E-state index is 12.8. The van der Waals surface area contributed by atoms with Gasteiger partial charge in [0.25, 0.3) is 5.91 Å². The molecule has 0 fully saturated rings. The van der Waals surface area contributed by atoms with Gasteiger partial charge in [-0.05, 0) is 49.2 Å². The Labute approximate surface area is 162 Å². The molecule has 2 heterocycles. The Morgan fingerprint density at radius 2 is 1.86 bits per heavy atom. The molecule has 4 aromatic rings. The molecule has 0 atom stereocenters. The zero-order valence-electron chi connectivity index (χ0n) is 15.9. The highest BCUT2D eigenvalue weighted by atomic mass is 16.1. The molecule has 3 N–H and O–H groups in total. The predicted octanol–water partition coefficient (Wildman–Crippen LogP) is 3.69. The number of hydrogen-bond donors (Lipinski definition) is 2. The Balaban J connectivity index is 2.06. The monoisotopic (exact) mass is 371 g/mol. The van der Waals surface area contributed by atoms with Gasteiger partial charge in [0.05, 0.1) is 11.0 Å². The first-order chi connectivity index (χ1) is 13.5. The van der Waals surface area contributed by atoms with Crippen molar-refractivity contribution in [3.8, 4) is 5.69 Å². The van der Waals surface area contributed by atoms with E-state index in [1.54, 1.807) is 10.6 Å². The van der Waals surface area contributed by atoms with E-state index in [4.69, 9.17) is 15.7 Å². The van der Waals surface area contributed by atoms with Crippen molar-refractivity contribution in [2.24, 2.45) is 0 Å². The fourth-order valence-corrected chi connectivity index (χ4v) is 3.26. The van der Waals surface area contributed by atoms with Crippen LogP contribution in [0.5, 0.6) is 0 Å². The SMILES string of the molecule is C=CCNC(=O)c1c(N)n(-c2ccc(C)c(C)c2)c2nc3ccccc3nc12. The first-order valence-electron chi connectivity index (χ1n) is 9.04. The van der Waals surface area contributed by atoms with E-state index in [1.807, 2.05) is 49.4 Å². The summed E-state index contributed by atoms with van der Waals surface area (Å²) in [5.41, 5.74) is 12.4. The van der Waals surface area contributed by atoms with Gasteiger partial charge in [-0.1, -0.05) is 24.3 Å². The molecule has 0 aliphatic carbocycles. The van der Waals surface area contributed by atoms with Crippen molar-refractivity contribution in [2.45, 2.75) is 13.8 Å². The summed E-state index contributed by atoms with van der Waals surface area (Å²) in [6, 6.07) is 13.6. The van der Waals surface area contributed by atoms with Crippen molar-refractivity contribution < 1.29 is 4.79 Å². The summed E-state index contributed by atoms with van der Waals surface area (Å²) >= 11 is 0. The lowest BCUT2D eigenvalue weighted by molar-refractivity contribution is 0.0960. The van der Waals surface area contributed by atoms with Crippen LogP contribution in [-0.2, 0) is 0 Å². The number of hydrogen-bond acceptors (Lipinski definition) is 4. The third-order valence-electron chi connectivity index (χ3n) is 4.88. The van der Waals surface area contributed by atoms with Crippen LogP contribution in [-0.4, -0.2) is 27.0 Å². The summed E-state index contributed by atoms with van der Waals surface area (Å²) in [6.07, 6.45) is 1.62. The number of carbonyl (C=O) groups is 1. The van der Waals surface area contributed by atoms with Gasteiger partial charge in [-0.2, -0.15) is 0 Å². The third-order valence-corrected chi connectivity index (χ3v) is 4.88. The number of benzene rings is 2. The van der Waals surface area contributed by atoms with E-state index < -0.39 is 0 Å². The van der Waals surface area contributed by atoms with Gasteiger partial charge in [0.1, 0.15) is 16.9 Å². The zero-order valence-corrected chi connectivity index (χ0v) is 15.9. The fraction of sp³-hybridized carbons (Fsp3) is 0.136. The Morgan fingerprint density at radius 1 is 1.14 bits per heavy atom. The highest BCUT2D eigenvalue weighted by Gasteiger charge is 2.24. The fourth-order valence-electron chi connectivity index (χ4n) is 3.26. The van der Waals surface area contributed by atoms with Crippen LogP contribution in [0.4, 0.5) is 5.82 Å². The van der Waals surface area contributed by atoms with Crippen LogP contribution in [0.2, 0.25) is 0 Å². The molecule has 140 valence electrons. The number of nitrogen functional groups attached to an aromatic ring is 1. The van der Waals surface area contributed by atoms with Crippen molar-refractivity contribution in [3.63, 3.8) is 0 Å². The molecule has 0 bridgehead atoms. The first-order valence-corrected chi connectivity index (χ1v) is 9.04. The average Bonchev–Trinajstić information content (AvgIpc) is 2.97. The van der Waals surface area contributed by atoms with Gasteiger partial charge in [-0.25, -0.2) is 9.97 Å². The molecule has 0 unspecified atom stereocenters. The van der Waals surface area contributed by atoms with E-state index in [2.05, 4.69) is 18.8 Å². The molecule has 6 heteroatoms. The number of nitrogens with one attached hydrogen (secondary N) is 1. The summed E-state index contributed by atoms with van der Waals surface area (Å²) in [6.45, 7) is 8.08. The van der Waals surface area contributed by atoms with E-state index in [-0.39, 0.29) is 5.91 Å². The third kappa shape index (κ3) is 2.79. The topological polar surface area (TPSA) is 85.8 Å². The molecule has 0 aliphatic rings. The van der Waals surface area contributed by atoms with Gasteiger partial charge in [0, 0.05) is 12.2 Å². The van der Waals surface area contributed by atoms with Crippen molar-refractivity contribution in [1.82, 2.24) is 19.9 Å². The molecule has 2 aromatic carbocycles. The molecule has 1 amide bonds. The van der Waals surface area contributed by atoms with Crippen molar-refractivity contribution in [1.29, 1.82) is 0 Å². The lowest BCUT2D eigenvalue weighted by Crippen LogP contribution is -2.24. The molecule has 0 aliphatic heterocycles. The molecule has 0 spiro atoms. The van der Waals surface area contributed by atoms with Gasteiger partial charge in [-0.3, -0.25) is 9.36 Å². The van der Waals surface area contributed by atoms with Crippen LogP contribution >= 0.6 is 0 Å². The Kier molecular flexibility index (Phi) is 4.31. The van der Waals surface area contributed by atoms with E-state index in [0.29, 0.717) is 34.6 Å². The number of amides is 1. The average molecular weight is 371 g/mol. The lowest BCUT2D eigenvalue weighted by Gasteiger charge is -2.10. The number of fused-ring (bicyclic) bond motifs is 2. The van der Waals surface area contributed by atoms with Gasteiger partial charge in [-0.15, -0.1) is 6.58 Å². The Morgan fingerprint density at radius 3 is 2.54 bits per heavy atom. The van der Waals surface area contributed by atoms with Gasteiger partial charge in [0.15, 0.2) is 5.65 Å². The number of nitrogens with zero attached hydrogens (tertiary/aromatic N) is 3. The second-order valence-electron chi connectivity index (χ2n) is 6.75. The van der Waals surface area contributed by atoms with E-state index in [0.717, 1.165) is 16.8 Å². The standard InChI is InChI=1S/C22H21N5O/c1-4-11-24-22(28)18-19-21(26-17-8-6-5-7-16(17)25-19)27(20(18)23)15-10-9-13(2)14(3)12-15/h4-10,12H,1,11,23H2,2-3H3,(H,24,28). The summed E-state index contributed by atoms with van der Waals surface area (Å²) in [7, 11) is 0. The summed E-state index contributed by atoms with van der Waals surface area (Å²) in [5.74, 6) is 0.0182. The second kappa shape index (κ2) is 6.81. The van der Waals surface area contributed by atoms with Crippen molar-refractivity contribution in [2.75, 3.05) is 12.3 Å². The van der Waals surface area contributed by atoms with Crippen molar-refractivity contribution >= 4 is 33.9 Å². The normalized spacial score (nSPS) is 11.1. The highest BCUT2D eigenvalue weighted by Crippen LogP contribution is 2.31. The Bertz CT molecular complexity index is 1240. The number of aryl methyl sites for hydroxylation is 2. The van der Waals surface area contributed by atoms with Crippen LogP contribution in [0.3, 0.4) is 0 Å². The molecular weight excluding hydrogens is 350 g/mol. The molecule has 6 nitrogen and oxygen atoms in total. The number of rotatable bonds is 4. The number of anilines is 1. The largest absolute Gasteiger partial charge is 0.384 e. The number of para-hydroxylation sites is 2. The van der Waals surface area contributed by atoms with Crippen LogP contribution < -0.4 is 11.1 Å². The summed E-state index contributed by atoms with van der Waals surface area (Å²) < 4.78 is 1.80. The minimum Gasteiger partial charge on any atom is -0.384 e. The molecule has 0 saturated heterocycles. The van der Waals surface area contributed by atoms with Crippen LogP contribution in [0.25, 0.3) is 27.9 Å². The molecule has 4 rings (SSSR count). The molecule has 28 heavy (non-hydrogen) atoms. The maximum Gasteiger partial charge on any atom is 0.257 e. The van der Waals surface area contributed by atoms with Crippen molar-refractivity contribution in [3.05, 3.63) is 71.8 Å². The summed E-state index contributed by atoms with van der Waals surface area (Å²) in [5, 5.41) is 2.80. The molecule has 0 radical (unpaired) electrons. The number of nitrogens with two attached hydrogens (primary N) is 1. The van der Waals surface area contributed by atoms with Crippen LogP contribution in [0, 0.1) is 13.8 Å². The molecule has 0 saturated carbocycles. The smallest absolute Gasteiger partial charge is 0.257 e. The van der Waals surface area contributed by atoms with Crippen LogP contribution in [0.15, 0.2) is 55.1 Å². The Hall–Kier alpha value is -3.67. The van der Waals surface area contributed by atoms with Gasteiger partial charge in [0.2, 0.25) is 0 Å². The lowest BCUT2D eigenvalue weighted by atomic mass is 10.1. The number of aromatic nitrogens is 3.